The molecule has 0 unspecified atom stereocenters. The molecule has 2 amide bonds. The van der Waals surface area contributed by atoms with Gasteiger partial charge in [-0.3, -0.25) is 14.5 Å². The van der Waals surface area contributed by atoms with Gasteiger partial charge in [-0.15, -0.1) is 0 Å². The summed E-state index contributed by atoms with van der Waals surface area (Å²) >= 11 is 0. The third-order valence-electron chi connectivity index (χ3n) is 5.61. The van der Waals surface area contributed by atoms with Gasteiger partial charge >= 0.3 is 5.97 Å². The molecule has 1 aromatic rings. The molecule has 148 valence electrons. The minimum atomic E-state index is -0.644. The number of hydrogen-bond acceptors (Lipinski definition) is 4. The number of benzene rings is 1. The average molecular weight is 385 g/mol. The molecule has 6 heteroatoms. The Morgan fingerprint density at radius 1 is 1.14 bits per heavy atom. The molecule has 1 aliphatic carbocycles. The average Bonchev–Trinajstić information content (AvgIpc) is 2.89. The molecule has 1 aromatic carbocycles. The number of rotatable bonds is 5. The number of esters is 1. The summed E-state index contributed by atoms with van der Waals surface area (Å²) in [5.41, 5.74) is 2.35. The molecular weight excluding hydrogens is 361 g/mol. The Bertz CT molecular complexity index is 824. The Labute approximate surface area is 163 Å². The zero-order valence-corrected chi connectivity index (χ0v) is 16.3. The monoisotopic (exact) mass is 385 g/mol. The fourth-order valence-corrected chi connectivity index (χ4v) is 3.85. The number of ether oxygens (including phenoxy) is 1. The highest BCUT2D eigenvalue weighted by Crippen LogP contribution is 2.41. The van der Waals surface area contributed by atoms with Gasteiger partial charge in [0.05, 0.1) is 17.9 Å². The van der Waals surface area contributed by atoms with Crippen molar-refractivity contribution in [3.63, 3.8) is 0 Å². The van der Waals surface area contributed by atoms with Crippen LogP contribution in [0.15, 0.2) is 47.6 Å². The van der Waals surface area contributed by atoms with Crippen molar-refractivity contribution in [3.8, 4) is 5.75 Å². The molecule has 1 fully saturated rings. The van der Waals surface area contributed by atoms with Gasteiger partial charge in [-0.05, 0) is 57.4 Å². The molecule has 1 saturated heterocycles. The highest BCUT2D eigenvalue weighted by atomic mass is 19.1. The van der Waals surface area contributed by atoms with Crippen molar-refractivity contribution >= 4 is 17.8 Å². The number of imide groups is 1. The van der Waals surface area contributed by atoms with Gasteiger partial charge in [0.1, 0.15) is 11.6 Å². The van der Waals surface area contributed by atoms with Crippen molar-refractivity contribution in [3.05, 3.63) is 53.4 Å². The Hall–Kier alpha value is -2.76. The molecule has 0 saturated carbocycles. The number of carbonyl (C=O) groups excluding carboxylic acids is 3. The van der Waals surface area contributed by atoms with Gasteiger partial charge in [0.25, 0.3) is 0 Å². The highest BCUT2D eigenvalue weighted by molar-refractivity contribution is 6.06. The first-order valence-corrected chi connectivity index (χ1v) is 9.49. The van der Waals surface area contributed by atoms with E-state index in [1.165, 1.54) is 52.5 Å². The smallest absolute Gasteiger partial charge is 0.335 e. The second kappa shape index (κ2) is 8.09. The Morgan fingerprint density at radius 3 is 2.18 bits per heavy atom. The van der Waals surface area contributed by atoms with Crippen LogP contribution in [0.3, 0.4) is 0 Å². The quantitative estimate of drug-likeness (QED) is 0.254. The van der Waals surface area contributed by atoms with E-state index in [9.17, 15) is 18.8 Å². The van der Waals surface area contributed by atoms with Crippen LogP contribution in [0.2, 0.25) is 0 Å². The summed E-state index contributed by atoms with van der Waals surface area (Å²) in [5.74, 6) is -1.77. The second-order valence-electron chi connectivity index (χ2n) is 7.44. The predicted molar refractivity (Wildman–Crippen MR) is 102 cm³/mol. The number of likely N-dealkylation sites (tertiary alicyclic amines) is 1. The maximum absolute atomic E-state index is 12.9. The SMILES string of the molecule is CC[C@@H](/C=C/C(=O)Oc1ccc(F)cc1)N1C(=O)[C@H]2CC(C)=C(C)C[C@H]2C1=O. The van der Waals surface area contributed by atoms with E-state index in [0.29, 0.717) is 19.3 Å². The topological polar surface area (TPSA) is 63.7 Å². The van der Waals surface area contributed by atoms with E-state index in [1.807, 2.05) is 20.8 Å². The molecule has 2 aliphatic rings. The Kier molecular flexibility index (Phi) is 5.77. The largest absolute Gasteiger partial charge is 0.423 e. The first-order chi connectivity index (χ1) is 13.3. The summed E-state index contributed by atoms with van der Waals surface area (Å²) in [5, 5.41) is 0. The zero-order valence-electron chi connectivity index (χ0n) is 16.3. The van der Waals surface area contributed by atoms with Crippen molar-refractivity contribution < 1.29 is 23.5 Å². The number of hydrogen-bond donors (Lipinski definition) is 0. The zero-order chi connectivity index (χ0) is 20.4. The lowest BCUT2D eigenvalue weighted by Crippen LogP contribution is -2.39. The minimum Gasteiger partial charge on any atom is -0.423 e. The van der Waals surface area contributed by atoms with E-state index in [4.69, 9.17) is 4.74 Å². The van der Waals surface area contributed by atoms with Gasteiger partial charge < -0.3 is 4.74 Å². The van der Waals surface area contributed by atoms with E-state index in [1.54, 1.807) is 0 Å². The number of allylic oxidation sites excluding steroid dienone is 2. The summed E-state index contributed by atoms with van der Waals surface area (Å²) < 4.78 is 18.0. The lowest BCUT2D eigenvalue weighted by Gasteiger charge is -2.23. The van der Waals surface area contributed by atoms with E-state index in [-0.39, 0.29) is 29.4 Å². The maximum atomic E-state index is 12.9. The fraction of sp³-hybridized carbons (Fsp3) is 0.409. The molecule has 1 heterocycles. The van der Waals surface area contributed by atoms with Gasteiger partial charge in [0.15, 0.2) is 0 Å². The van der Waals surface area contributed by atoms with Crippen molar-refractivity contribution in [2.24, 2.45) is 11.8 Å². The summed E-state index contributed by atoms with van der Waals surface area (Å²) in [4.78, 5) is 39.1. The number of amides is 2. The van der Waals surface area contributed by atoms with Crippen LogP contribution in [-0.4, -0.2) is 28.7 Å². The van der Waals surface area contributed by atoms with Gasteiger partial charge in [-0.1, -0.05) is 24.1 Å². The van der Waals surface area contributed by atoms with Crippen molar-refractivity contribution in [1.82, 2.24) is 4.90 Å². The molecule has 0 bridgehead atoms. The van der Waals surface area contributed by atoms with Gasteiger partial charge in [-0.2, -0.15) is 0 Å². The summed E-state index contributed by atoms with van der Waals surface area (Å²) in [6.07, 6.45) is 4.48. The maximum Gasteiger partial charge on any atom is 0.335 e. The summed E-state index contributed by atoms with van der Waals surface area (Å²) in [6, 6.07) is 4.61. The summed E-state index contributed by atoms with van der Waals surface area (Å²) in [7, 11) is 0. The molecule has 0 spiro atoms. The van der Waals surface area contributed by atoms with Crippen LogP contribution in [0.4, 0.5) is 4.39 Å². The van der Waals surface area contributed by atoms with Crippen LogP contribution < -0.4 is 4.74 Å². The number of nitrogens with zero attached hydrogens (tertiary/aromatic N) is 1. The molecule has 0 aromatic heterocycles. The van der Waals surface area contributed by atoms with Crippen LogP contribution in [0.25, 0.3) is 0 Å². The van der Waals surface area contributed by atoms with Crippen LogP contribution in [0.5, 0.6) is 5.75 Å². The van der Waals surface area contributed by atoms with Crippen LogP contribution in [0.1, 0.15) is 40.0 Å². The van der Waals surface area contributed by atoms with Crippen molar-refractivity contribution in [1.29, 1.82) is 0 Å². The van der Waals surface area contributed by atoms with Crippen LogP contribution in [0, 0.1) is 17.7 Å². The lowest BCUT2D eigenvalue weighted by atomic mass is 9.78. The molecule has 0 N–H and O–H groups in total. The molecule has 3 atom stereocenters. The standard InChI is InChI=1S/C22H24FNO4/c1-4-16(7-10-20(25)28-17-8-5-15(23)6-9-17)24-21(26)18-11-13(2)14(3)12-19(18)22(24)27/h5-10,16,18-19H,4,11-12H2,1-3H3/b10-7+/t16-,18-,19+/m0/s1. The molecule has 5 nitrogen and oxygen atoms in total. The first-order valence-electron chi connectivity index (χ1n) is 9.49. The minimum absolute atomic E-state index is 0.162. The second-order valence-corrected chi connectivity index (χ2v) is 7.44. The van der Waals surface area contributed by atoms with E-state index >= 15 is 0 Å². The molecular formula is C22H24FNO4. The van der Waals surface area contributed by atoms with Gasteiger partial charge in [0, 0.05) is 6.08 Å². The van der Waals surface area contributed by atoms with E-state index < -0.39 is 17.8 Å². The van der Waals surface area contributed by atoms with Crippen LogP contribution >= 0.6 is 0 Å². The third-order valence-corrected chi connectivity index (χ3v) is 5.61. The van der Waals surface area contributed by atoms with Gasteiger partial charge in [-0.25, -0.2) is 9.18 Å². The Balaban J connectivity index is 1.70. The number of fused-ring (bicyclic) bond motifs is 1. The molecule has 1 aliphatic heterocycles. The third kappa shape index (κ3) is 3.91. The molecule has 3 rings (SSSR count). The van der Waals surface area contributed by atoms with E-state index in [0.717, 1.165) is 0 Å². The van der Waals surface area contributed by atoms with Crippen molar-refractivity contribution in [2.45, 2.75) is 46.1 Å². The van der Waals surface area contributed by atoms with Gasteiger partial charge in [0.2, 0.25) is 11.8 Å². The fourth-order valence-electron chi connectivity index (χ4n) is 3.85. The Morgan fingerprint density at radius 2 is 1.68 bits per heavy atom. The van der Waals surface area contributed by atoms with Crippen LogP contribution in [-0.2, 0) is 14.4 Å². The highest BCUT2D eigenvalue weighted by Gasteiger charge is 2.50. The van der Waals surface area contributed by atoms with E-state index in [2.05, 4.69) is 0 Å². The predicted octanol–water partition coefficient (Wildman–Crippen LogP) is 3.80. The normalized spacial score (nSPS) is 23.4. The number of halogens is 1. The summed E-state index contributed by atoms with van der Waals surface area (Å²) in [6.45, 7) is 5.88. The molecule has 0 radical (unpaired) electrons. The lowest BCUT2D eigenvalue weighted by molar-refractivity contribution is -0.141. The first kappa shape index (κ1) is 20.0. The number of carbonyl (C=O) groups is 3. The van der Waals surface area contributed by atoms with Crippen molar-refractivity contribution in [2.75, 3.05) is 0 Å². The molecule has 28 heavy (non-hydrogen) atoms.